The van der Waals surface area contributed by atoms with Crippen molar-refractivity contribution in [1.82, 2.24) is 10.2 Å². The van der Waals surface area contributed by atoms with E-state index in [4.69, 9.17) is 7.85 Å². The second-order valence-electron chi connectivity index (χ2n) is 2.64. The highest BCUT2D eigenvalue weighted by Crippen LogP contribution is 2.05. The van der Waals surface area contributed by atoms with Gasteiger partial charge in [0.1, 0.15) is 0 Å². The molecule has 1 rings (SSSR count). The average molecular weight is 152 g/mol. The third-order valence-corrected chi connectivity index (χ3v) is 1.41. The van der Waals surface area contributed by atoms with Gasteiger partial charge in [-0.25, -0.2) is 4.79 Å². The quantitative estimate of drug-likeness (QED) is 0.428. The molecule has 0 aromatic heterocycles. The molecule has 1 saturated heterocycles. The third-order valence-electron chi connectivity index (χ3n) is 1.41. The molecule has 1 N–H and O–H groups in total. The predicted octanol–water partition coefficient (Wildman–Crippen LogP) is -0.485. The topological polar surface area (TPSA) is 49.4 Å². The van der Waals surface area contributed by atoms with Crippen LogP contribution in [0, 0.1) is 0 Å². The van der Waals surface area contributed by atoms with Crippen molar-refractivity contribution >= 4 is 19.8 Å². The second kappa shape index (κ2) is 2.94. The van der Waals surface area contributed by atoms with E-state index in [9.17, 15) is 9.59 Å². The number of amides is 3. The van der Waals surface area contributed by atoms with Gasteiger partial charge in [-0.15, -0.1) is 0 Å². The van der Waals surface area contributed by atoms with Crippen molar-refractivity contribution in [3.05, 3.63) is 0 Å². The van der Waals surface area contributed by atoms with Crippen molar-refractivity contribution in [3.8, 4) is 0 Å². The number of carbonyl (C=O) groups excluding carboxylic acids is 2. The molecule has 3 amide bonds. The Kier molecular flexibility index (Phi) is 2.17. The Labute approximate surface area is 66.3 Å². The number of rotatable bonds is 2. The lowest BCUT2D eigenvalue weighted by Crippen LogP contribution is -2.33. The zero-order chi connectivity index (χ0) is 8.43. The van der Waals surface area contributed by atoms with Crippen LogP contribution in [0.15, 0.2) is 0 Å². The summed E-state index contributed by atoms with van der Waals surface area (Å²) in [6, 6.07) is -0.340. The van der Waals surface area contributed by atoms with Gasteiger partial charge in [0, 0.05) is 6.54 Å². The normalized spacial score (nSPS) is 20.3. The Balaban J connectivity index is 2.55. The molecule has 11 heavy (non-hydrogen) atoms. The fourth-order valence-corrected chi connectivity index (χ4v) is 0.928. The van der Waals surface area contributed by atoms with Crippen molar-refractivity contribution in [2.45, 2.75) is 12.7 Å². The number of nitrogens with one attached hydrogen (secondary N) is 1. The lowest BCUT2D eigenvalue weighted by molar-refractivity contribution is -0.124. The van der Waals surface area contributed by atoms with Gasteiger partial charge in [0.2, 0.25) is 5.91 Å². The molecule has 1 aliphatic heterocycles. The van der Waals surface area contributed by atoms with Gasteiger partial charge in [-0.3, -0.25) is 9.69 Å². The van der Waals surface area contributed by atoms with Crippen molar-refractivity contribution < 1.29 is 9.59 Å². The molecule has 5 heteroatoms. The Bertz CT molecular complexity index is 177. The summed E-state index contributed by atoms with van der Waals surface area (Å²) in [4.78, 5) is 22.9. The fraction of sp³-hybridized carbons (Fsp3) is 0.667. The molecule has 0 aromatic rings. The minimum absolute atomic E-state index is 0.103. The molecule has 1 aliphatic rings. The van der Waals surface area contributed by atoms with Gasteiger partial charge < -0.3 is 5.32 Å². The predicted molar refractivity (Wildman–Crippen MR) is 40.3 cm³/mol. The van der Waals surface area contributed by atoms with Crippen LogP contribution in [0.3, 0.4) is 0 Å². The Hall–Kier alpha value is -0.995. The van der Waals surface area contributed by atoms with E-state index >= 15 is 0 Å². The van der Waals surface area contributed by atoms with Gasteiger partial charge in [0.25, 0.3) is 0 Å². The first kappa shape index (κ1) is 8.10. The van der Waals surface area contributed by atoms with Gasteiger partial charge in [-0.05, 0) is 0 Å². The summed E-state index contributed by atoms with van der Waals surface area (Å²) in [5, 5.41) is 2.41. The Morgan fingerprint density at radius 3 is 2.73 bits per heavy atom. The number of urea groups is 1. The van der Waals surface area contributed by atoms with Gasteiger partial charge in [-0.1, -0.05) is 12.7 Å². The number of carbonyl (C=O) groups is 2. The summed E-state index contributed by atoms with van der Waals surface area (Å²) >= 11 is 0. The van der Waals surface area contributed by atoms with Crippen LogP contribution < -0.4 is 5.32 Å². The van der Waals surface area contributed by atoms with Crippen molar-refractivity contribution in [1.29, 1.82) is 0 Å². The molecule has 1 unspecified atom stereocenters. The molecule has 1 fully saturated rings. The standard InChI is InChI=1S/C6H9BN2O2/c1-4(7)3-9-5(10)2-8-6(9)11/h4H,2-3H2,1H3,(H,8,11). The zero-order valence-corrected chi connectivity index (χ0v) is 6.33. The molecule has 58 valence electrons. The number of hydrogen-bond donors (Lipinski definition) is 1. The van der Waals surface area contributed by atoms with E-state index in [0.717, 1.165) is 4.90 Å². The van der Waals surface area contributed by atoms with Crippen LogP contribution in [0.2, 0.25) is 5.82 Å². The average Bonchev–Trinajstić information content (AvgIpc) is 2.18. The van der Waals surface area contributed by atoms with Gasteiger partial charge in [0.05, 0.1) is 14.4 Å². The summed E-state index contributed by atoms with van der Waals surface area (Å²) in [6.45, 7) is 2.15. The maximum absolute atomic E-state index is 10.9. The first-order valence-corrected chi connectivity index (χ1v) is 3.45. The highest BCUT2D eigenvalue weighted by atomic mass is 16.2. The van der Waals surface area contributed by atoms with Crippen LogP contribution >= 0.6 is 0 Å². The number of hydrogen-bond acceptors (Lipinski definition) is 2. The van der Waals surface area contributed by atoms with Crippen LogP contribution in [0.25, 0.3) is 0 Å². The van der Waals surface area contributed by atoms with Gasteiger partial charge in [-0.2, -0.15) is 0 Å². The van der Waals surface area contributed by atoms with E-state index in [-0.39, 0.29) is 24.3 Å². The van der Waals surface area contributed by atoms with E-state index in [0.29, 0.717) is 6.54 Å². The summed E-state index contributed by atoms with van der Waals surface area (Å²) in [5.41, 5.74) is 0. The van der Waals surface area contributed by atoms with Crippen molar-refractivity contribution in [2.75, 3.05) is 13.1 Å². The first-order chi connectivity index (χ1) is 5.11. The molecule has 0 spiro atoms. The summed E-state index contributed by atoms with van der Waals surface area (Å²) in [6.07, 6.45) is 0. The smallest absolute Gasteiger partial charge is 0.324 e. The minimum atomic E-state index is -0.340. The van der Waals surface area contributed by atoms with E-state index in [1.165, 1.54) is 0 Å². The molecule has 0 aliphatic carbocycles. The van der Waals surface area contributed by atoms with Crippen LogP contribution in [0.1, 0.15) is 6.92 Å². The summed E-state index contributed by atoms with van der Waals surface area (Å²) < 4.78 is 0. The molecular formula is C6H9BN2O2. The minimum Gasteiger partial charge on any atom is -0.329 e. The lowest BCUT2D eigenvalue weighted by atomic mass is 9.89. The van der Waals surface area contributed by atoms with Crippen LogP contribution in [0.4, 0.5) is 4.79 Å². The van der Waals surface area contributed by atoms with Crippen LogP contribution in [-0.4, -0.2) is 37.8 Å². The zero-order valence-electron chi connectivity index (χ0n) is 6.33. The monoisotopic (exact) mass is 152 g/mol. The highest BCUT2D eigenvalue weighted by Gasteiger charge is 2.28. The van der Waals surface area contributed by atoms with Crippen LogP contribution in [0.5, 0.6) is 0 Å². The third kappa shape index (κ3) is 1.72. The SMILES string of the molecule is [B]C(C)CN1C(=O)CNC1=O. The molecule has 1 heterocycles. The maximum atomic E-state index is 10.9. The molecule has 4 nitrogen and oxygen atoms in total. The van der Waals surface area contributed by atoms with E-state index in [1.54, 1.807) is 6.92 Å². The molecule has 0 saturated carbocycles. The van der Waals surface area contributed by atoms with E-state index < -0.39 is 0 Å². The maximum Gasteiger partial charge on any atom is 0.324 e. The number of imide groups is 1. The molecular weight excluding hydrogens is 143 g/mol. The van der Waals surface area contributed by atoms with Crippen molar-refractivity contribution in [2.24, 2.45) is 0 Å². The number of nitrogens with zero attached hydrogens (tertiary/aromatic N) is 1. The van der Waals surface area contributed by atoms with Gasteiger partial charge >= 0.3 is 6.03 Å². The summed E-state index contributed by atoms with van der Waals surface area (Å²) in [7, 11) is 5.42. The Morgan fingerprint density at radius 2 is 2.36 bits per heavy atom. The fourth-order valence-electron chi connectivity index (χ4n) is 0.928. The molecule has 2 radical (unpaired) electrons. The second-order valence-corrected chi connectivity index (χ2v) is 2.64. The molecule has 1 atom stereocenters. The van der Waals surface area contributed by atoms with Crippen LogP contribution in [-0.2, 0) is 4.79 Å². The Morgan fingerprint density at radius 1 is 1.73 bits per heavy atom. The molecule has 0 aromatic carbocycles. The first-order valence-electron chi connectivity index (χ1n) is 3.45. The van der Waals surface area contributed by atoms with Gasteiger partial charge in [0.15, 0.2) is 0 Å². The lowest BCUT2D eigenvalue weighted by Gasteiger charge is -2.14. The highest BCUT2D eigenvalue weighted by molar-refractivity contribution is 6.12. The van der Waals surface area contributed by atoms with E-state index in [2.05, 4.69) is 5.32 Å². The molecule has 0 bridgehead atoms. The van der Waals surface area contributed by atoms with Crippen molar-refractivity contribution in [3.63, 3.8) is 0 Å². The largest absolute Gasteiger partial charge is 0.329 e. The summed E-state index contributed by atoms with van der Waals surface area (Å²) in [5.74, 6) is -0.366. The van der Waals surface area contributed by atoms with E-state index in [1.807, 2.05) is 0 Å².